The Morgan fingerprint density at radius 2 is 1.81 bits per heavy atom. The van der Waals surface area contributed by atoms with Crippen molar-refractivity contribution in [1.82, 2.24) is 14.3 Å². The topological polar surface area (TPSA) is 84.3 Å². The van der Waals surface area contributed by atoms with E-state index in [2.05, 4.69) is 36.5 Å². The summed E-state index contributed by atoms with van der Waals surface area (Å²) in [7, 11) is -1.82. The first-order chi connectivity index (χ1) is 19.9. The number of hydrogen-bond acceptors (Lipinski definition) is 4. The van der Waals surface area contributed by atoms with Crippen LogP contribution >= 0.6 is 0 Å². The number of anilines is 1. The number of fused-ring (bicyclic) bond motifs is 1. The number of hydrogen-bond donors (Lipinski definition) is 1. The van der Waals surface area contributed by atoms with Gasteiger partial charge in [0.2, 0.25) is 15.9 Å². The molecular formula is C34H40N4O3S. The zero-order valence-electron chi connectivity index (χ0n) is 25.0. The maximum absolute atomic E-state index is 14.0. The molecule has 2 atom stereocenters. The van der Waals surface area contributed by atoms with E-state index in [1.54, 1.807) is 23.2 Å². The van der Waals surface area contributed by atoms with Crippen LogP contribution in [0.3, 0.4) is 0 Å². The molecule has 5 rings (SSSR count). The minimum atomic E-state index is -3.74. The third-order valence-electron chi connectivity index (χ3n) is 8.51. The molecule has 0 saturated carbocycles. The molecule has 4 aromatic rings. The van der Waals surface area contributed by atoms with E-state index in [9.17, 15) is 13.2 Å². The molecule has 0 saturated heterocycles. The first kappa shape index (κ1) is 29.7. The summed E-state index contributed by atoms with van der Waals surface area (Å²) in [5.41, 5.74) is 4.72. The number of aromatic nitrogens is 2. The molecule has 0 fully saturated rings. The number of benzene rings is 3. The highest BCUT2D eigenvalue weighted by Crippen LogP contribution is 2.43. The molecule has 1 amide bonds. The van der Waals surface area contributed by atoms with Gasteiger partial charge in [-0.2, -0.15) is 0 Å². The van der Waals surface area contributed by atoms with Crippen molar-refractivity contribution in [3.8, 4) is 0 Å². The molecule has 220 valence electrons. The molecular weight excluding hydrogens is 544 g/mol. The molecule has 0 unspecified atom stereocenters. The van der Waals surface area contributed by atoms with Crippen LogP contribution in [0.2, 0.25) is 0 Å². The zero-order chi connectivity index (χ0) is 30.1. The molecule has 1 heterocycles. The highest BCUT2D eigenvalue weighted by Gasteiger charge is 2.35. The second-order valence-corrected chi connectivity index (χ2v) is 13.8. The summed E-state index contributed by atoms with van der Waals surface area (Å²) in [5, 5.41) is 0. The molecule has 0 radical (unpaired) electrons. The fourth-order valence-electron chi connectivity index (χ4n) is 5.80. The van der Waals surface area contributed by atoms with Gasteiger partial charge >= 0.3 is 0 Å². The smallest absolute Gasteiger partial charge is 0.241 e. The summed E-state index contributed by atoms with van der Waals surface area (Å²) in [6.45, 7) is 8.69. The lowest BCUT2D eigenvalue weighted by molar-refractivity contribution is -0.119. The fraction of sp³-hybridized carbons (Fsp3) is 0.353. The van der Waals surface area contributed by atoms with E-state index in [1.165, 1.54) is 0 Å². The average molecular weight is 585 g/mol. The van der Waals surface area contributed by atoms with Gasteiger partial charge in [-0.3, -0.25) is 4.79 Å². The maximum Gasteiger partial charge on any atom is 0.241 e. The molecule has 1 aliphatic rings. The van der Waals surface area contributed by atoms with Gasteiger partial charge in [-0.25, -0.2) is 18.1 Å². The quantitative estimate of drug-likeness (QED) is 0.242. The fourth-order valence-corrected chi connectivity index (χ4v) is 7.05. The van der Waals surface area contributed by atoms with Gasteiger partial charge in [-0.15, -0.1) is 0 Å². The largest absolute Gasteiger partial charge is 0.337 e. The van der Waals surface area contributed by atoms with Crippen LogP contribution in [-0.4, -0.2) is 23.9 Å². The Morgan fingerprint density at radius 3 is 2.48 bits per heavy atom. The van der Waals surface area contributed by atoms with Crippen molar-refractivity contribution < 1.29 is 13.2 Å². The first-order valence-electron chi connectivity index (χ1n) is 14.5. The van der Waals surface area contributed by atoms with Crippen LogP contribution in [0.1, 0.15) is 80.1 Å². The van der Waals surface area contributed by atoms with Crippen molar-refractivity contribution in [3.63, 3.8) is 0 Å². The number of rotatable bonds is 9. The molecule has 0 bridgehead atoms. The van der Waals surface area contributed by atoms with E-state index in [0.717, 1.165) is 40.2 Å². The van der Waals surface area contributed by atoms with Crippen molar-refractivity contribution in [2.75, 3.05) is 4.90 Å². The van der Waals surface area contributed by atoms with E-state index < -0.39 is 16.1 Å². The monoisotopic (exact) mass is 584 g/mol. The average Bonchev–Trinajstić information content (AvgIpc) is 3.37. The van der Waals surface area contributed by atoms with Crippen LogP contribution in [0.5, 0.6) is 0 Å². The number of amides is 1. The van der Waals surface area contributed by atoms with Crippen LogP contribution < -0.4 is 9.62 Å². The molecule has 1 aromatic heterocycles. The van der Waals surface area contributed by atoms with Crippen molar-refractivity contribution in [2.24, 2.45) is 7.05 Å². The predicted octanol–water partition coefficient (Wildman–Crippen LogP) is 6.55. The van der Waals surface area contributed by atoms with Gasteiger partial charge in [0.25, 0.3) is 0 Å². The van der Waals surface area contributed by atoms with Crippen LogP contribution in [0.4, 0.5) is 5.69 Å². The van der Waals surface area contributed by atoms with Gasteiger partial charge in [0.1, 0.15) is 5.82 Å². The summed E-state index contributed by atoms with van der Waals surface area (Å²) in [5.74, 6) is 0.791. The Morgan fingerprint density at radius 1 is 1.10 bits per heavy atom. The summed E-state index contributed by atoms with van der Waals surface area (Å²) in [6.07, 6.45) is 5.43. The molecule has 1 N–H and O–H groups in total. The van der Waals surface area contributed by atoms with E-state index in [1.807, 2.05) is 79.3 Å². The number of nitrogens with one attached hydrogen (secondary N) is 1. The Hall–Kier alpha value is -3.75. The molecule has 1 aliphatic carbocycles. The Kier molecular flexibility index (Phi) is 8.39. The van der Waals surface area contributed by atoms with Crippen LogP contribution in [0.25, 0.3) is 0 Å². The highest BCUT2D eigenvalue weighted by molar-refractivity contribution is 7.89. The lowest BCUT2D eigenvalue weighted by atomic mass is 9.71. The number of carbonyl (C=O) groups is 1. The Balaban J connectivity index is 1.51. The molecule has 8 heteroatoms. The molecule has 3 aromatic carbocycles. The standard InChI is InChI=1S/C34H40N4O3S/c1-24-11-14-28(15-12-24)42(40,41)36-31-17-18-34(3,4)30-16-13-27(22-29(30)31)38(23-32-35-19-20-37(32)5)33(39)21-25(2)26-9-7-6-8-10-26/h6-16,19-20,22,25,31,36H,17-18,21,23H2,1-5H3/t25-,31+/m1/s1. The van der Waals surface area contributed by atoms with Gasteiger partial charge < -0.3 is 9.47 Å². The SMILES string of the molecule is Cc1ccc(S(=O)(=O)N[C@H]2CCC(C)(C)c3ccc(N(Cc4nccn4C)C(=O)C[C@@H](C)c4ccccc4)cc32)cc1. The number of sulfonamides is 1. The van der Waals surface area contributed by atoms with Gasteiger partial charge in [0, 0.05) is 37.6 Å². The van der Waals surface area contributed by atoms with Gasteiger partial charge in [-0.1, -0.05) is 74.9 Å². The van der Waals surface area contributed by atoms with Gasteiger partial charge in [0.05, 0.1) is 11.4 Å². The Labute approximate surface area is 249 Å². The number of nitrogens with zero attached hydrogens (tertiary/aromatic N) is 3. The lowest BCUT2D eigenvalue weighted by Crippen LogP contribution is -2.37. The van der Waals surface area contributed by atoms with E-state index in [0.29, 0.717) is 19.4 Å². The summed E-state index contributed by atoms with van der Waals surface area (Å²) < 4.78 is 31.8. The third kappa shape index (κ3) is 6.35. The predicted molar refractivity (Wildman–Crippen MR) is 167 cm³/mol. The summed E-state index contributed by atoms with van der Waals surface area (Å²) >= 11 is 0. The third-order valence-corrected chi connectivity index (χ3v) is 10.00. The minimum Gasteiger partial charge on any atom is -0.337 e. The van der Waals surface area contributed by atoms with Crippen molar-refractivity contribution in [3.05, 3.63) is 113 Å². The molecule has 7 nitrogen and oxygen atoms in total. The van der Waals surface area contributed by atoms with E-state index >= 15 is 0 Å². The maximum atomic E-state index is 14.0. The van der Waals surface area contributed by atoms with Crippen molar-refractivity contribution >= 4 is 21.6 Å². The molecule has 0 aliphatic heterocycles. The van der Waals surface area contributed by atoms with Crippen LogP contribution in [0.15, 0.2) is 90.1 Å². The molecule has 42 heavy (non-hydrogen) atoms. The summed E-state index contributed by atoms with van der Waals surface area (Å²) in [4.78, 5) is 20.5. The van der Waals surface area contributed by atoms with Gasteiger partial charge in [0.15, 0.2) is 0 Å². The second-order valence-electron chi connectivity index (χ2n) is 12.1. The number of carbonyl (C=O) groups excluding carboxylic acids is 1. The van der Waals surface area contributed by atoms with E-state index in [4.69, 9.17) is 0 Å². The summed E-state index contributed by atoms with van der Waals surface area (Å²) in [6, 6.07) is 22.6. The number of imidazole rings is 1. The van der Waals surface area contributed by atoms with E-state index in [-0.39, 0.29) is 22.1 Å². The van der Waals surface area contributed by atoms with Crippen molar-refractivity contribution in [1.29, 1.82) is 0 Å². The Bertz CT molecular complexity index is 1660. The molecule has 0 spiro atoms. The second kappa shape index (κ2) is 11.9. The van der Waals surface area contributed by atoms with Gasteiger partial charge in [-0.05, 0) is 72.1 Å². The first-order valence-corrected chi connectivity index (χ1v) is 16.0. The number of aryl methyl sites for hydroxylation is 2. The van der Waals surface area contributed by atoms with Crippen molar-refractivity contribution in [2.45, 2.75) is 75.8 Å². The van der Waals surface area contributed by atoms with Crippen LogP contribution in [0, 0.1) is 6.92 Å². The normalized spacial score (nSPS) is 16.9. The minimum absolute atomic E-state index is 0.0128. The zero-order valence-corrected chi connectivity index (χ0v) is 25.9. The lowest BCUT2D eigenvalue weighted by Gasteiger charge is -2.38. The highest BCUT2D eigenvalue weighted by atomic mass is 32.2. The van der Waals surface area contributed by atoms with Crippen LogP contribution in [-0.2, 0) is 33.8 Å².